The van der Waals surface area contributed by atoms with Gasteiger partial charge in [-0.25, -0.2) is 15.0 Å². The summed E-state index contributed by atoms with van der Waals surface area (Å²) in [4.78, 5) is 15.4. The average Bonchev–Trinajstić information content (AvgIpc) is 3.85. The Labute approximate surface area is 359 Å². The van der Waals surface area contributed by atoms with E-state index < -0.39 is 5.41 Å². The van der Waals surface area contributed by atoms with E-state index in [1.165, 1.54) is 60.9 Å². The largest absolute Gasteiger partial charge is 0.309 e. The van der Waals surface area contributed by atoms with Gasteiger partial charge in [-0.2, -0.15) is 0 Å². The number of rotatable bonds is 5. The lowest BCUT2D eigenvalue weighted by Crippen LogP contribution is -2.33. The van der Waals surface area contributed by atoms with E-state index in [2.05, 4.69) is 199 Å². The Morgan fingerprint density at radius 2 is 0.774 bits per heavy atom. The van der Waals surface area contributed by atoms with Gasteiger partial charge in [0, 0.05) is 27.5 Å². The molecule has 288 valence electrons. The van der Waals surface area contributed by atoms with Crippen LogP contribution >= 0.6 is 0 Å². The fraction of sp³-hybridized carbons (Fsp3) is 0.0172. The summed E-state index contributed by atoms with van der Waals surface area (Å²) in [6, 6.07) is 78.6. The Kier molecular flexibility index (Phi) is 7.49. The fourth-order valence-electron chi connectivity index (χ4n) is 10.4. The van der Waals surface area contributed by atoms with Crippen LogP contribution in [0.15, 0.2) is 218 Å². The molecule has 0 radical (unpaired) electrons. The normalized spacial score (nSPS) is 13.0. The van der Waals surface area contributed by atoms with Gasteiger partial charge < -0.3 is 4.57 Å². The molecule has 4 heteroatoms. The first-order valence-corrected chi connectivity index (χ1v) is 21.2. The minimum Gasteiger partial charge on any atom is -0.309 e. The molecule has 0 N–H and O–H groups in total. The zero-order valence-electron chi connectivity index (χ0n) is 33.6. The lowest BCUT2D eigenvalue weighted by Gasteiger charge is -2.40. The third-order valence-corrected chi connectivity index (χ3v) is 13.0. The third-order valence-electron chi connectivity index (χ3n) is 13.0. The molecular weight excluding hydrogens is 753 g/mol. The topological polar surface area (TPSA) is 43.6 Å². The standard InChI is InChI=1S/C58H36N4/c1-3-16-37(17-4-1)39-20-13-22-42(34-39)56-59-55(38-18-5-2-6-19-38)60-57(61-56)43-23-14-21-40(35-43)41-32-33-53-51(36-41)58(48-28-10-7-24-44(48)45-25-8-11-29-49(45)58)50-30-15-27-47-46-26-9-12-31-52(46)62(53)54(47)50/h1-36H. The maximum Gasteiger partial charge on any atom is 0.164 e. The molecule has 1 spiro atoms. The lowest BCUT2D eigenvalue weighted by molar-refractivity contribution is 0.749. The third kappa shape index (κ3) is 4.98. The van der Waals surface area contributed by atoms with Crippen molar-refractivity contribution in [1.82, 2.24) is 19.5 Å². The van der Waals surface area contributed by atoms with Crippen LogP contribution in [-0.2, 0) is 5.41 Å². The second-order valence-corrected chi connectivity index (χ2v) is 16.3. The van der Waals surface area contributed by atoms with Crippen LogP contribution in [0, 0.1) is 0 Å². The summed E-state index contributed by atoms with van der Waals surface area (Å²) in [6.45, 7) is 0. The second kappa shape index (κ2) is 13.4. The molecule has 0 fully saturated rings. The highest BCUT2D eigenvalue weighted by molar-refractivity contribution is 6.13. The Hall–Kier alpha value is -8.21. The molecule has 1 aliphatic heterocycles. The van der Waals surface area contributed by atoms with Gasteiger partial charge in [0.25, 0.3) is 0 Å². The SMILES string of the molecule is c1ccc(-c2cccc(-c3nc(-c4ccccc4)nc(-c4cccc(-c5ccc6c(c5)C5(c7ccccc7-c7ccccc75)c5cccc7c8ccccc8n-6c57)c4)n3)c2)cc1. The molecule has 62 heavy (non-hydrogen) atoms. The molecule has 11 aromatic rings. The summed E-state index contributed by atoms with van der Waals surface area (Å²) in [7, 11) is 0. The summed E-state index contributed by atoms with van der Waals surface area (Å²) in [5.74, 6) is 1.90. The van der Waals surface area contributed by atoms with Crippen molar-refractivity contribution in [1.29, 1.82) is 0 Å². The van der Waals surface area contributed by atoms with E-state index in [9.17, 15) is 0 Å². The van der Waals surface area contributed by atoms with E-state index in [0.717, 1.165) is 38.9 Å². The van der Waals surface area contributed by atoms with Gasteiger partial charge in [-0.3, -0.25) is 0 Å². The number of para-hydroxylation sites is 2. The van der Waals surface area contributed by atoms with Crippen LogP contribution in [0.4, 0.5) is 0 Å². The molecule has 0 bridgehead atoms. The van der Waals surface area contributed by atoms with Crippen LogP contribution in [0.1, 0.15) is 22.3 Å². The van der Waals surface area contributed by atoms with Crippen LogP contribution < -0.4 is 0 Å². The first kappa shape index (κ1) is 34.6. The van der Waals surface area contributed by atoms with Gasteiger partial charge in [0.15, 0.2) is 17.5 Å². The molecule has 4 nitrogen and oxygen atoms in total. The van der Waals surface area contributed by atoms with E-state index in [-0.39, 0.29) is 0 Å². The van der Waals surface area contributed by atoms with Crippen LogP contribution in [0.5, 0.6) is 0 Å². The molecule has 0 atom stereocenters. The average molecular weight is 789 g/mol. The van der Waals surface area contributed by atoms with Crippen molar-refractivity contribution in [3.63, 3.8) is 0 Å². The van der Waals surface area contributed by atoms with Gasteiger partial charge in [0.1, 0.15) is 0 Å². The van der Waals surface area contributed by atoms with Crippen LogP contribution in [-0.4, -0.2) is 19.5 Å². The zero-order valence-corrected chi connectivity index (χ0v) is 33.6. The minimum atomic E-state index is -0.526. The predicted octanol–water partition coefficient (Wildman–Crippen LogP) is 14.0. The fourth-order valence-corrected chi connectivity index (χ4v) is 10.4. The summed E-state index contributed by atoms with van der Waals surface area (Å²) >= 11 is 0. The number of aromatic nitrogens is 4. The summed E-state index contributed by atoms with van der Waals surface area (Å²) in [6.07, 6.45) is 0. The van der Waals surface area contributed by atoms with E-state index >= 15 is 0 Å². The van der Waals surface area contributed by atoms with Gasteiger partial charge in [-0.05, 0) is 86.0 Å². The Morgan fingerprint density at radius 1 is 0.306 bits per heavy atom. The molecule has 0 saturated heterocycles. The highest BCUT2D eigenvalue weighted by Gasteiger charge is 2.50. The Morgan fingerprint density at radius 3 is 1.45 bits per heavy atom. The molecule has 0 saturated carbocycles. The Balaban J connectivity index is 1.02. The van der Waals surface area contributed by atoms with E-state index in [4.69, 9.17) is 15.0 Å². The molecule has 2 aliphatic rings. The van der Waals surface area contributed by atoms with Crippen molar-refractivity contribution in [3.8, 4) is 73.2 Å². The van der Waals surface area contributed by atoms with Crippen LogP contribution in [0.25, 0.3) is 95.0 Å². The number of hydrogen-bond donors (Lipinski definition) is 0. The highest BCUT2D eigenvalue weighted by atomic mass is 15.0. The summed E-state index contributed by atoms with van der Waals surface area (Å²) in [5, 5.41) is 2.54. The monoisotopic (exact) mass is 788 g/mol. The van der Waals surface area contributed by atoms with Crippen LogP contribution in [0.2, 0.25) is 0 Å². The molecule has 0 unspecified atom stereocenters. The second-order valence-electron chi connectivity index (χ2n) is 16.3. The van der Waals surface area contributed by atoms with Gasteiger partial charge in [0.05, 0.1) is 22.1 Å². The number of hydrogen-bond acceptors (Lipinski definition) is 3. The van der Waals surface area contributed by atoms with E-state index in [1.807, 2.05) is 24.3 Å². The highest BCUT2D eigenvalue weighted by Crippen LogP contribution is 2.61. The van der Waals surface area contributed by atoms with E-state index in [1.54, 1.807) is 0 Å². The van der Waals surface area contributed by atoms with Crippen molar-refractivity contribution in [2.45, 2.75) is 5.41 Å². The molecule has 9 aromatic carbocycles. The van der Waals surface area contributed by atoms with Crippen LogP contribution in [0.3, 0.4) is 0 Å². The maximum atomic E-state index is 5.19. The number of nitrogens with zero attached hydrogens (tertiary/aromatic N) is 4. The van der Waals surface area contributed by atoms with Gasteiger partial charge >= 0.3 is 0 Å². The first-order chi connectivity index (χ1) is 30.7. The maximum absolute atomic E-state index is 5.19. The first-order valence-electron chi connectivity index (χ1n) is 21.2. The smallest absolute Gasteiger partial charge is 0.164 e. The number of fused-ring (bicyclic) bond motifs is 12. The van der Waals surface area contributed by atoms with Crippen molar-refractivity contribution in [2.75, 3.05) is 0 Å². The molecular formula is C58H36N4. The molecule has 2 aromatic heterocycles. The lowest BCUT2D eigenvalue weighted by atomic mass is 9.65. The van der Waals surface area contributed by atoms with Crippen molar-refractivity contribution < 1.29 is 0 Å². The zero-order chi connectivity index (χ0) is 40.8. The van der Waals surface area contributed by atoms with Gasteiger partial charge in [-0.15, -0.1) is 0 Å². The van der Waals surface area contributed by atoms with Crippen molar-refractivity contribution in [2.24, 2.45) is 0 Å². The van der Waals surface area contributed by atoms with Crippen molar-refractivity contribution >= 4 is 21.8 Å². The Bertz CT molecular complexity index is 3540. The molecule has 3 heterocycles. The number of benzene rings is 9. The quantitative estimate of drug-likeness (QED) is 0.174. The summed E-state index contributed by atoms with van der Waals surface area (Å²) in [5.41, 5.74) is 18.3. The van der Waals surface area contributed by atoms with Crippen molar-refractivity contribution in [3.05, 3.63) is 241 Å². The molecule has 1 aliphatic carbocycles. The summed E-state index contributed by atoms with van der Waals surface area (Å²) < 4.78 is 2.51. The molecule has 0 amide bonds. The van der Waals surface area contributed by atoms with Gasteiger partial charge in [-0.1, -0.05) is 188 Å². The van der Waals surface area contributed by atoms with Gasteiger partial charge in [0.2, 0.25) is 0 Å². The molecule has 13 rings (SSSR count). The predicted molar refractivity (Wildman–Crippen MR) is 252 cm³/mol. The van der Waals surface area contributed by atoms with E-state index in [0.29, 0.717) is 17.5 Å². The minimum absolute atomic E-state index is 0.526.